The van der Waals surface area contributed by atoms with Gasteiger partial charge in [0.05, 0.1) is 17.7 Å². The van der Waals surface area contributed by atoms with Crippen LogP contribution < -0.4 is 5.32 Å². The molecule has 1 aliphatic rings. The molecule has 0 radical (unpaired) electrons. The molecule has 2 amide bonds. The first-order valence-corrected chi connectivity index (χ1v) is 7.56. The molecule has 0 aliphatic heterocycles. The SMILES string of the molecule is C[C@@H](NC(=O)N(C)C[C@@H](O)C1CC1)c1ccccc1C(F)(F)F. The summed E-state index contributed by atoms with van der Waals surface area (Å²) in [5.74, 6) is 0.230. The van der Waals surface area contributed by atoms with E-state index in [0.29, 0.717) is 0 Å². The molecule has 0 unspecified atom stereocenters. The highest BCUT2D eigenvalue weighted by Gasteiger charge is 2.35. The summed E-state index contributed by atoms with van der Waals surface area (Å²) < 4.78 is 39.0. The van der Waals surface area contributed by atoms with Crippen LogP contribution in [0.4, 0.5) is 18.0 Å². The van der Waals surface area contributed by atoms with E-state index in [4.69, 9.17) is 0 Å². The zero-order chi connectivity index (χ0) is 17.2. The van der Waals surface area contributed by atoms with Gasteiger partial charge in [0.2, 0.25) is 0 Å². The summed E-state index contributed by atoms with van der Waals surface area (Å²) in [6.07, 6.45) is -3.15. The summed E-state index contributed by atoms with van der Waals surface area (Å²) in [7, 11) is 1.52. The number of urea groups is 1. The highest BCUT2D eigenvalue weighted by atomic mass is 19.4. The molecule has 1 fully saturated rings. The largest absolute Gasteiger partial charge is 0.416 e. The molecule has 0 spiro atoms. The average Bonchev–Trinajstić information content (AvgIpc) is 3.30. The lowest BCUT2D eigenvalue weighted by molar-refractivity contribution is -0.138. The maximum atomic E-state index is 13.0. The van der Waals surface area contributed by atoms with Crippen molar-refractivity contribution in [2.45, 2.75) is 38.1 Å². The van der Waals surface area contributed by atoms with Crippen molar-refractivity contribution in [1.29, 1.82) is 0 Å². The molecular formula is C16H21F3N2O2. The Balaban J connectivity index is 2.01. The third-order valence-electron chi connectivity index (χ3n) is 4.05. The highest BCUT2D eigenvalue weighted by Crippen LogP contribution is 2.34. The Hall–Kier alpha value is -1.76. The van der Waals surface area contributed by atoms with Gasteiger partial charge in [-0.3, -0.25) is 0 Å². The fourth-order valence-corrected chi connectivity index (χ4v) is 2.50. The first kappa shape index (κ1) is 17.6. The van der Waals surface area contributed by atoms with Crippen LogP contribution in [0.3, 0.4) is 0 Å². The summed E-state index contributed by atoms with van der Waals surface area (Å²) in [6, 6.07) is 3.88. The minimum absolute atomic E-state index is 0.0180. The summed E-state index contributed by atoms with van der Waals surface area (Å²) in [5, 5.41) is 12.4. The van der Waals surface area contributed by atoms with Crippen molar-refractivity contribution >= 4 is 6.03 Å². The quantitative estimate of drug-likeness (QED) is 0.871. The first-order chi connectivity index (χ1) is 10.7. The van der Waals surface area contributed by atoms with Crippen LogP contribution in [0.5, 0.6) is 0 Å². The smallest absolute Gasteiger partial charge is 0.391 e. The van der Waals surface area contributed by atoms with Crippen LogP contribution in [0, 0.1) is 5.92 Å². The number of rotatable bonds is 5. The number of alkyl halides is 3. The number of nitrogens with one attached hydrogen (secondary N) is 1. The second-order valence-electron chi connectivity index (χ2n) is 6.04. The first-order valence-electron chi connectivity index (χ1n) is 7.56. The van der Waals surface area contributed by atoms with E-state index in [-0.39, 0.29) is 18.0 Å². The molecule has 128 valence electrons. The lowest BCUT2D eigenvalue weighted by Crippen LogP contribution is -2.42. The van der Waals surface area contributed by atoms with Crippen LogP contribution >= 0.6 is 0 Å². The predicted octanol–water partition coefficient (Wildman–Crippen LogP) is 3.18. The van der Waals surface area contributed by atoms with Gasteiger partial charge >= 0.3 is 12.2 Å². The van der Waals surface area contributed by atoms with Crippen LogP contribution in [0.15, 0.2) is 24.3 Å². The van der Waals surface area contributed by atoms with Crippen molar-refractivity contribution in [3.8, 4) is 0 Å². The number of hydrogen-bond donors (Lipinski definition) is 2. The summed E-state index contributed by atoms with van der Waals surface area (Å²) in [5.41, 5.74) is -0.738. The maximum absolute atomic E-state index is 13.0. The summed E-state index contributed by atoms with van der Waals surface area (Å²) in [6.45, 7) is 1.68. The minimum Gasteiger partial charge on any atom is -0.391 e. The van der Waals surface area contributed by atoms with Crippen molar-refractivity contribution in [2.24, 2.45) is 5.92 Å². The van der Waals surface area contributed by atoms with Crippen molar-refractivity contribution in [3.05, 3.63) is 35.4 Å². The molecule has 4 nitrogen and oxygen atoms in total. The molecule has 0 saturated heterocycles. The van der Waals surface area contributed by atoms with E-state index in [1.54, 1.807) is 0 Å². The molecule has 0 bridgehead atoms. The lowest BCUT2D eigenvalue weighted by atomic mass is 10.0. The number of carbonyl (C=O) groups is 1. The van der Waals surface area contributed by atoms with E-state index in [1.807, 2.05) is 0 Å². The van der Waals surface area contributed by atoms with Gasteiger partial charge in [0.25, 0.3) is 0 Å². The molecule has 7 heteroatoms. The van der Waals surface area contributed by atoms with Crippen LogP contribution in [-0.2, 0) is 6.18 Å². The molecule has 1 aromatic carbocycles. The zero-order valence-electron chi connectivity index (χ0n) is 13.1. The van der Waals surface area contributed by atoms with Gasteiger partial charge in [-0.2, -0.15) is 13.2 Å². The molecule has 2 atom stereocenters. The third-order valence-corrected chi connectivity index (χ3v) is 4.05. The van der Waals surface area contributed by atoms with Crippen LogP contribution in [0.1, 0.15) is 36.9 Å². The van der Waals surface area contributed by atoms with E-state index in [1.165, 1.54) is 37.1 Å². The molecule has 2 rings (SSSR count). The second kappa shape index (κ2) is 6.78. The van der Waals surface area contributed by atoms with Crippen molar-refractivity contribution < 1.29 is 23.1 Å². The van der Waals surface area contributed by atoms with Gasteiger partial charge in [-0.25, -0.2) is 4.79 Å². The van der Waals surface area contributed by atoms with Crippen molar-refractivity contribution in [1.82, 2.24) is 10.2 Å². The Kier molecular flexibility index (Phi) is 5.19. The van der Waals surface area contributed by atoms with Crippen LogP contribution in [-0.4, -0.2) is 35.7 Å². The Bertz CT molecular complexity index is 559. The second-order valence-corrected chi connectivity index (χ2v) is 6.04. The Morgan fingerprint density at radius 1 is 1.39 bits per heavy atom. The topological polar surface area (TPSA) is 52.6 Å². The van der Waals surface area contributed by atoms with E-state index in [2.05, 4.69) is 5.32 Å². The Morgan fingerprint density at radius 3 is 2.57 bits per heavy atom. The molecule has 1 aromatic rings. The van der Waals surface area contributed by atoms with Gasteiger partial charge in [-0.05, 0) is 37.3 Å². The fourth-order valence-electron chi connectivity index (χ4n) is 2.50. The molecular weight excluding hydrogens is 309 g/mol. The molecule has 23 heavy (non-hydrogen) atoms. The van der Waals surface area contributed by atoms with E-state index < -0.39 is 29.9 Å². The van der Waals surface area contributed by atoms with E-state index in [9.17, 15) is 23.1 Å². The van der Waals surface area contributed by atoms with Crippen LogP contribution in [0.2, 0.25) is 0 Å². The normalized spacial score (nSPS) is 17.5. The zero-order valence-corrected chi connectivity index (χ0v) is 13.1. The van der Waals surface area contributed by atoms with Gasteiger partial charge in [0, 0.05) is 13.6 Å². The molecule has 1 aliphatic carbocycles. The van der Waals surface area contributed by atoms with Gasteiger partial charge in [-0.15, -0.1) is 0 Å². The standard InChI is InChI=1S/C16H21F3N2O2/c1-10(12-5-3-4-6-13(12)16(17,18)19)20-15(23)21(2)9-14(22)11-7-8-11/h3-6,10-11,14,22H,7-9H2,1-2H3,(H,20,23)/t10-,14-/m1/s1. The van der Waals surface area contributed by atoms with E-state index in [0.717, 1.165) is 18.9 Å². The predicted molar refractivity (Wildman–Crippen MR) is 79.8 cm³/mol. The van der Waals surface area contributed by atoms with Gasteiger partial charge in [0.1, 0.15) is 0 Å². The molecule has 1 saturated carbocycles. The number of aliphatic hydroxyl groups is 1. The highest BCUT2D eigenvalue weighted by molar-refractivity contribution is 5.74. The number of nitrogens with zero attached hydrogens (tertiary/aromatic N) is 1. The molecule has 0 heterocycles. The monoisotopic (exact) mass is 330 g/mol. The third kappa shape index (κ3) is 4.60. The Morgan fingerprint density at radius 2 is 2.00 bits per heavy atom. The Labute approximate surface area is 133 Å². The number of hydrogen-bond acceptors (Lipinski definition) is 2. The fraction of sp³-hybridized carbons (Fsp3) is 0.562. The molecule has 0 aromatic heterocycles. The minimum atomic E-state index is -4.47. The van der Waals surface area contributed by atoms with Crippen molar-refractivity contribution in [2.75, 3.05) is 13.6 Å². The van der Waals surface area contributed by atoms with Crippen LogP contribution in [0.25, 0.3) is 0 Å². The van der Waals surface area contributed by atoms with Gasteiger partial charge < -0.3 is 15.3 Å². The van der Waals surface area contributed by atoms with Gasteiger partial charge in [0.15, 0.2) is 0 Å². The summed E-state index contributed by atoms with van der Waals surface area (Å²) in [4.78, 5) is 13.4. The van der Waals surface area contributed by atoms with E-state index >= 15 is 0 Å². The molecule has 2 N–H and O–H groups in total. The number of carbonyl (C=O) groups excluding carboxylic acids is 1. The number of halogens is 3. The average molecular weight is 330 g/mol. The van der Waals surface area contributed by atoms with Gasteiger partial charge in [-0.1, -0.05) is 18.2 Å². The number of aliphatic hydroxyl groups excluding tert-OH is 1. The van der Waals surface area contributed by atoms with Crippen molar-refractivity contribution in [3.63, 3.8) is 0 Å². The number of amides is 2. The maximum Gasteiger partial charge on any atom is 0.416 e. The number of likely N-dealkylation sites (N-methyl/N-ethyl adjacent to an activating group) is 1. The number of benzene rings is 1. The summed E-state index contributed by atoms with van der Waals surface area (Å²) >= 11 is 0. The lowest BCUT2D eigenvalue weighted by Gasteiger charge is -2.25.